The van der Waals surface area contributed by atoms with E-state index in [1.165, 1.54) is 75.0 Å². The first-order valence-electron chi connectivity index (χ1n) is 13.5. The van der Waals surface area contributed by atoms with Crippen LogP contribution in [0.4, 0.5) is 5.82 Å². The number of carbonyl (C=O) groups is 1. The molecule has 1 aliphatic rings. The molecule has 36 heavy (non-hydrogen) atoms. The van der Waals surface area contributed by atoms with Crippen LogP contribution in [0.25, 0.3) is 0 Å². The SMILES string of the molecule is CCCCCCCCCCCCCCCC(=O)Nc1ccn(C2CCC(COP(=O)(O)O)O2)c(=O)n1. The van der Waals surface area contributed by atoms with E-state index in [1.54, 1.807) is 6.07 Å². The maximum absolute atomic E-state index is 12.4. The Labute approximate surface area is 214 Å². The largest absolute Gasteiger partial charge is 0.469 e. The summed E-state index contributed by atoms with van der Waals surface area (Å²) in [4.78, 5) is 46.1. The molecule has 0 aliphatic carbocycles. The number of rotatable bonds is 19. The third-order valence-corrected chi connectivity index (χ3v) is 6.91. The van der Waals surface area contributed by atoms with Gasteiger partial charge in [-0.15, -0.1) is 0 Å². The van der Waals surface area contributed by atoms with Gasteiger partial charge in [-0.2, -0.15) is 4.98 Å². The average molecular weight is 530 g/mol. The molecule has 0 aromatic carbocycles. The van der Waals surface area contributed by atoms with Crippen LogP contribution in [0.15, 0.2) is 17.1 Å². The molecule has 1 aromatic rings. The van der Waals surface area contributed by atoms with Crippen LogP contribution < -0.4 is 11.0 Å². The van der Waals surface area contributed by atoms with E-state index in [9.17, 15) is 14.2 Å². The second-order valence-corrected chi connectivity index (χ2v) is 10.9. The van der Waals surface area contributed by atoms with Gasteiger partial charge in [0.25, 0.3) is 0 Å². The Bertz CT molecular complexity index is 873. The number of hydrogen-bond donors (Lipinski definition) is 3. The molecular formula is C25H44N3O7P. The highest BCUT2D eigenvalue weighted by atomic mass is 31.2. The van der Waals surface area contributed by atoms with Gasteiger partial charge in [-0.3, -0.25) is 13.9 Å². The Morgan fingerprint density at radius 1 is 1.06 bits per heavy atom. The van der Waals surface area contributed by atoms with Crippen molar-refractivity contribution >= 4 is 19.5 Å². The summed E-state index contributed by atoms with van der Waals surface area (Å²) in [5, 5.41) is 2.68. The molecular weight excluding hydrogens is 485 g/mol. The zero-order valence-corrected chi connectivity index (χ0v) is 22.5. The van der Waals surface area contributed by atoms with Crippen molar-refractivity contribution < 1.29 is 28.4 Å². The van der Waals surface area contributed by atoms with E-state index in [4.69, 9.17) is 14.5 Å². The van der Waals surface area contributed by atoms with Gasteiger partial charge in [0, 0.05) is 12.6 Å². The minimum absolute atomic E-state index is 0.158. The lowest BCUT2D eigenvalue weighted by Gasteiger charge is -2.16. The minimum Gasteiger partial charge on any atom is -0.352 e. The van der Waals surface area contributed by atoms with Crippen LogP contribution in [0.3, 0.4) is 0 Å². The zero-order valence-electron chi connectivity index (χ0n) is 21.6. The number of nitrogens with zero attached hydrogens (tertiary/aromatic N) is 2. The van der Waals surface area contributed by atoms with Crippen LogP contribution in [0.2, 0.25) is 0 Å². The van der Waals surface area contributed by atoms with Crippen LogP contribution in [0.5, 0.6) is 0 Å². The second kappa shape index (κ2) is 17.0. The van der Waals surface area contributed by atoms with E-state index in [0.29, 0.717) is 19.3 Å². The summed E-state index contributed by atoms with van der Waals surface area (Å²) in [5.74, 6) is 0.0461. The number of unbranched alkanes of at least 4 members (excludes halogenated alkanes) is 12. The fourth-order valence-electron chi connectivity index (χ4n) is 4.40. The summed E-state index contributed by atoms with van der Waals surface area (Å²) < 4.78 is 22.2. The first kappa shape index (κ1) is 30.6. The molecule has 11 heteroatoms. The van der Waals surface area contributed by atoms with Gasteiger partial charge < -0.3 is 19.8 Å². The van der Waals surface area contributed by atoms with Crippen molar-refractivity contribution in [1.29, 1.82) is 0 Å². The number of aromatic nitrogens is 2. The molecule has 0 spiro atoms. The third kappa shape index (κ3) is 13.1. The monoisotopic (exact) mass is 529 g/mol. The number of phosphoric ester groups is 1. The highest BCUT2D eigenvalue weighted by molar-refractivity contribution is 7.46. The summed E-state index contributed by atoms with van der Waals surface area (Å²) in [5.41, 5.74) is -0.560. The van der Waals surface area contributed by atoms with Crippen molar-refractivity contribution in [3.63, 3.8) is 0 Å². The molecule has 1 saturated heterocycles. The molecule has 10 nitrogen and oxygen atoms in total. The van der Waals surface area contributed by atoms with Crippen molar-refractivity contribution in [3.05, 3.63) is 22.7 Å². The van der Waals surface area contributed by atoms with Crippen LogP contribution in [-0.2, 0) is 18.6 Å². The summed E-state index contributed by atoms with van der Waals surface area (Å²) in [7, 11) is -4.56. The van der Waals surface area contributed by atoms with Gasteiger partial charge in [-0.05, 0) is 25.3 Å². The summed E-state index contributed by atoms with van der Waals surface area (Å²) in [6.07, 6.45) is 18.0. The lowest BCUT2D eigenvalue weighted by atomic mass is 10.0. The van der Waals surface area contributed by atoms with Gasteiger partial charge in [0.2, 0.25) is 5.91 Å². The normalized spacial score (nSPS) is 18.0. The van der Waals surface area contributed by atoms with Crippen LogP contribution in [-0.4, -0.2) is 38.0 Å². The molecule has 2 heterocycles. The average Bonchev–Trinajstić information content (AvgIpc) is 3.29. The fraction of sp³-hybridized carbons (Fsp3) is 0.800. The molecule has 0 saturated carbocycles. The highest BCUT2D eigenvalue weighted by Gasteiger charge is 2.29. The molecule has 3 N–H and O–H groups in total. The van der Waals surface area contributed by atoms with Gasteiger partial charge in [0.1, 0.15) is 12.0 Å². The molecule has 2 atom stereocenters. The molecule has 0 bridgehead atoms. The summed E-state index contributed by atoms with van der Waals surface area (Å²) in [6.45, 7) is 1.99. The predicted molar refractivity (Wildman–Crippen MR) is 139 cm³/mol. The first-order chi connectivity index (χ1) is 17.3. The lowest BCUT2D eigenvalue weighted by molar-refractivity contribution is -0.116. The van der Waals surface area contributed by atoms with Crippen LogP contribution in [0.1, 0.15) is 116 Å². The Kier molecular flexibility index (Phi) is 14.5. The quantitative estimate of drug-likeness (QED) is 0.159. The van der Waals surface area contributed by atoms with Crippen LogP contribution >= 0.6 is 7.82 Å². The zero-order chi connectivity index (χ0) is 26.2. The second-order valence-electron chi connectivity index (χ2n) is 9.62. The van der Waals surface area contributed by atoms with Crippen molar-refractivity contribution in [2.75, 3.05) is 11.9 Å². The molecule has 0 radical (unpaired) electrons. The smallest absolute Gasteiger partial charge is 0.352 e. The Morgan fingerprint density at radius 2 is 1.64 bits per heavy atom. The number of amides is 1. The number of hydrogen-bond acceptors (Lipinski definition) is 6. The number of carbonyl (C=O) groups excluding carboxylic acids is 1. The Balaban J connectivity index is 1.56. The van der Waals surface area contributed by atoms with E-state index < -0.39 is 25.8 Å². The maximum Gasteiger partial charge on any atom is 0.469 e. The van der Waals surface area contributed by atoms with Gasteiger partial charge in [0.15, 0.2) is 0 Å². The molecule has 1 aromatic heterocycles. The minimum atomic E-state index is -4.56. The number of ether oxygens (including phenoxy) is 1. The van der Waals surface area contributed by atoms with E-state index in [2.05, 4.69) is 21.7 Å². The van der Waals surface area contributed by atoms with Gasteiger partial charge in [0.05, 0.1) is 12.7 Å². The van der Waals surface area contributed by atoms with E-state index in [-0.39, 0.29) is 18.3 Å². The Hall–Kier alpha value is -1.58. The molecule has 206 valence electrons. The number of phosphoric acid groups is 1. The van der Waals surface area contributed by atoms with E-state index in [1.807, 2.05) is 0 Å². The van der Waals surface area contributed by atoms with Gasteiger partial charge >= 0.3 is 13.5 Å². The molecule has 2 unspecified atom stereocenters. The van der Waals surface area contributed by atoms with Gasteiger partial charge in [-0.1, -0.05) is 84.0 Å². The molecule has 1 fully saturated rings. The first-order valence-corrected chi connectivity index (χ1v) is 15.1. The number of nitrogens with one attached hydrogen (secondary N) is 1. The predicted octanol–water partition coefficient (Wildman–Crippen LogP) is 5.45. The van der Waals surface area contributed by atoms with Crippen molar-refractivity contribution in [1.82, 2.24) is 9.55 Å². The summed E-state index contributed by atoms with van der Waals surface area (Å²) in [6, 6.07) is 1.55. The third-order valence-electron chi connectivity index (χ3n) is 6.43. The standard InChI is InChI=1S/C25H44N3O7P/c1-2-3-4-5-6-7-8-9-10-11-12-13-14-15-23(29)26-22-18-19-28(25(30)27-22)24-17-16-21(35-24)20-34-36(31,32)33/h18-19,21,24H,2-17,20H2,1H3,(H2,31,32,33)(H,26,27,29,30). The highest BCUT2D eigenvalue weighted by Crippen LogP contribution is 2.37. The van der Waals surface area contributed by atoms with Gasteiger partial charge in [-0.25, -0.2) is 9.36 Å². The topological polar surface area (TPSA) is 140 Å². The van der Waals surface area contributed by atoms with E-state index in [0.717, 1.165) is 19.3 Å². The molecule has 1 aliphatic heterocycles. The fourth-order valence-corrected chi connectivity index (χ4v) is 4.76. The van der Waals surface area contributed by atoms with Crippen molar-refractivity contribution in [2.45, 2.75) is 122 Å². The molecule has 1 amide bonds. The van der Waals surface area contributed by atoms with Crippen molar-refractivity contribution in [3.8, 4) is 0 Å². The van der Waals surface area contributed by atoms with Crippen molar-refractivity contribution in [2.24, 2.45) is 0 Å². The van der Waals surface area contributed by atoms with E-state index >= 15 is 0 Å². The Morgan fingerprint density at radius 3 is 2.19 bits per heavy atom. The number of anilines is 1. The maximum atomic E-state index is 12.4. The lowest BCUT2D eigenvalue weighted by Crippen LogP contribution is -2.28. The summed E-state index contributed by atoms with van der Waals surface area (Å²) >= 11 is 0. The van der Waals surface area contributed by atoms with Crippen LogP contribution in [0, 0.1) is 0 Å². The molecule has 2 rings (SSSR count).